The van der Waals surface area contributed by atoms with Gasteiger partial charge in [0.15, 0.2) is 0 Å². The van der Waals surface area contributed by atoms with Gasteiger partial charge in [-0.1, -0.05) is 12.1 Å². The van der Waals surface area contributed by atoms with Crippen LogP contribution in [-0.2, 0) is 4.79 Å². The number of rotatable bonds is 4. The third kappa shape index (κ3) is 3.48. The van der Waals surface area contributed by atoms with Gasteiger partial charge in [-0.15, -0.1) is 11.3 Å². The molecule has 2 heterocycles. The fourth-order valence-corrected chi connectivity index (χ4v) is 3.15. The van der Waals surface area contributed by atoms with Gasteiger partial charge in [0.25, 0.3) is 5.91 Å². The smallest absolute Gasteiger partial charge is 0.271 e. The Kier molecular flexibility index (Phi) is 4.52. The summed E-state index contributed by atoms with van der Waals surface area (Å²) >= 11 is 1.57. The molecule has 0 radical (unpaired) electrons. The Hall–Kier alpha value is -2.47. The molecular formula is C17H17N3O2S. The van der Waals surface area contributed by atoms with Gasteiger partial charge in [-0.2, -0.15) is 5.10 Å². The molecule has 1 aliphatic rings. The summed E-state index contributed by atoms with van der Waals surface area (Å²) in [6.07, 6.45) is 1.43. The van der Waals surface area contributed by atoms with Crippen molar-refractivity contribution in [3.8, 4) is 0 Å². The molecule has 0 spiro atoms. The van der Waals surface area contributed by atoms with Crippen LogP contribution in [0.2, 0.25) is 0 Å². The number of nitrogens with zero attached hydrogens (tertiary/aromatic N) is 2. The highest BCUT2D eigenvalue weighted by atomic mass is 32.1. The van der Waals surface area contributed by atoms with E-state index in [1.807, 2.05) is 30.5 Å². The Morgan fingerprint density at radius 3 is 2.87 bits per heavy atom. The summed E-state index contributed by atoms with van der Waals surface area (Å²) in [6.45, 7) is 2.56. The van der Waals surface area contributed by atoms with Crippen molar-refractivity contribution >= 4 is 34.6 Å². The van der Waals surface area contributed by atoms with Crippen molar-refractivity contribution in [3.63, 3.8) is 0 Å². The molecule has 5 nitrogen and oxygen atoms in total. The normalized spacial score (nSPS) is 15.1. The molecule has 0 atom stereocenters. The molecule has 1 aromatic heterocycles. The summed E-state index contributed by atoms with van der Waals surface area (Å²) in [6, 6.07) is 11.0. The number of amides is 2. The van der Waals surface area contributed by atoms with Crippen LogP contribution in [0.3, 0.4) is 0 Å². The number of carbonyl (C=O) groups excluding carboxylic acids is 2. The van der Waals surface area contributed by atoms with E-state index < -0.39 is 0 Å². The van der Waals surface area contributed by atoms with E-state index in [0.29, 0.717) is 18.5 Å². The van der Waals surface area contributed by atoms with Crippen LogP contribution in [0.4, 0.5) is 5.69 Å². The molecule has 3 rings (SSSR count). The summed E-state index contributed by atoms with van der Waals surface area (Å²) in [7, 11) is 0. The van der Waals surface area contributed by atoms with Crippen LogP contribution in [-0.4, -0.2) is 24.1 Å². The molecule has 1 aromatic carbocycles. The maximum atomic E-state index is 12.2. The van der Waals surface area contributed by atoms with Crippen molar-refractivity contribution in [2.75, 3.05) is 11.4 Å². The van der Waals surface area contributed by atoms with Crippen molar-refractivity contribution in [3.05, 3.63) is 52.2 Å². The molecule has 1 saturated heterocycles. The average Bonchev–Trinajstić information content (AvgIpc) is 3.24. The Morgan fingerprint density at radius 1 is 1.30 bits per heavy atom. The van der Waals surface area contributed by atoms with Crippen molar-refractivity contribution in [1.82, 2.24) is 5.43 Å². The molecule has 1 aliphatic heterocycles. The molecule has 1 fully saturated rings. The first-order valence-electron chi connectivity index (χ1n) is 7.44. The first-order valence-corrected chi connectivity index (χ1v) is 8.32. The summed E-state index contributed by atoms with van der Waals surface area (Å²) < 4.78 is 0. The Bertz CT molecular complexity index is 753. The predicted octanol–water partition coefficient (Wildman–Crippen LogP) is 3.03. The van der Waals surface area contributed by atoms with Gasteiger partial charge in [0.1, 0.15) is 0 Å². The number of carbonyl (C=O) groups is 2. The van der Waals surface area contributed by atoms with Gasteiger partial charge in [0.05, 0.1) is 5.71 Å². The molecule has 23 heavy (non-hydrogen) atoms. The van der Waals surface area contributed by atoms with Crippen LogP contribution in [0, 0.1) is 0 Å². The second-order valence-electron chi connectivity index (χ2n) is 5.31. The van der Waals surface area contributed by atoms with Crippen LogP contribution in [0.1, 0.15) is 35.0 Å². The number of thiophene rings is 1. The Labute approximate surface area is 138 Å². The van der Waals surface area contributed by atoms with Crippen LogP contribution in [0.5, 0.6) is 0 Å². The van der Waals surface area contributed by atoms with E-state index in [1.165, 1.54) is 0 Å². The minimum atomic E-state index is -0.283. The minimum absolute atomic E-state index is 0.106. The standard InChI is InChI=1S/C17H17N3O2S/c1-12(15-7-4-10-23-15)18-19-17(22)13-5-2-6-14(11-13)20-9-3-8-16(20)21/h2,4-7,10-11H,3,8-9H2,1H3,(H,19,22)/b18-12+. The van der Waals surface area contributed by atoms with E-state index in [9.17, 15) is 9.59 Å². The van der Waals surface area contributed by atoms with Crippen LogP contribution >= 0.6 is 11.3 Å². The van der Waals surface area contributed by atoms with Crippen LogP contribution < -0.4 is 10.3 Å². The number of hydrogen-bond donors (Lipinski definition) is 1. The largest absolute Gasteiger partial charge is 0.312 e. The lowest BCUT2D eigenvalue weighted by Crippen LogP contribution is -2.24. The molecule has 0 aliphatic carbocycles. The van der Waals surface area contributed by atoms with E-state index in [4.69, 9.17) is 0 Å². The molecule has 2 amide bonds. The number of nitrogens with one attached hydrogen (secondary N) is 1. The number of hydrazone groups is 1. The number of benzene rings is 1. The van der Waals surface area contributed by atoms with Gasteiger partial charge in [0, 0.05) is 29.1 Å². The SMILES string of the molecule is C/C(=N\NC(=O)c1cccc(N2CCCC2=O)c1)c1cccs1. The second kappa shape index (κ2) is 6.75. The number of hydrogen-bond acceptors (Lipinski definition) is 4. The summed E-state index contributed by atoms with van der Waals surface area (Å²) in [5.74, 6) is -0.177. The van der Waals surface area contributed by atoms with Crippen molar-refractivity contribution in [2.45, 2.75) is 19.8 Å². The molecular weight excluding hydrogens is 310 g/mol. The molecule has 0 bridgehead atoms. The van der Waals surface area contributed by atoms with Gasteiger partial charge >= 0.3 is 0 Å². The maximum Gasteiger partial charge on any atom is 0.271 e. The van der Waals surface area contributed by atoms with Gasteiger partial charge in [-0.3, -0.25) is 9.59 Å². The fraction of sp³-hybridized carbons (Fsp3) is 0.235. The molecule has 0 saturated carbocycles. The first kappa shape index (κ1) is 15.4. The monoisotopic (exact) mass is 327 g/mol. The Balaban J connectivity index is 1.73. The van der Waals surface area contributed by atoms with E-state index in [-0.39, 0.29) is 11.8 Å². The number of anilines is 1. The van der Waals surface area contributed by atoms with Gasteiger partial charge in [-0.05, 0) is 43.0 Å². The third-order valence-electron chi connectivity index (χ3n) is 3.70. The Morgan fingerprint density at radius 2 is 2.17 bits per heavy atom. The summed E-state index contributed by atoms with van der Waals surface area (Å²) in [4.78, 5) is 26.8. The zero-order valence-electron chi connectivity index (χ0n) is 12.8. The van der Waals surface area contributed by atoms with Crippen molar-refractivity contribution < 1.29 is 9.59 Å². The van der Waals surface area contributed by atoms with Gasteiger partial charge in [-0.25, -0.2) is 5.43 Å². The maximum absolute atomic E-state index is 12.2. The third-order valence-corrected chi connectivity index (χ3v) is 4.67. The summed E-state index contributed by atoms with van der Waals surface area (Å²) in [5, 5.41) is 6.10. The molecule has 6 heteroatoms. The minimum Gasteiger partial charge on any atom is -0.312 e. The lowest BCUT2D eigenvalue weighted by Gasteiger charge is -2.16. The van der Waals surface area contributed by atoms with Crippen molar-refractivity contribution in [2.24, 2.45) is 5.10 Å². The average molecular weight is 327 g/mol. The lowest BCUT2D eigenvalue weighted by atomic mass is 10.2. The molecule has 2 aromatic rings. The molecule has 118 valence electrons. The zero-order valence-corrected chi connectivity index (χ0v) is 13.6. The zero-order chi connectivity index (χ0) is 16.2. The molecule has 0 unspecified atom stereocenters. The van der Waals surface area contributed by atoms with E-state index in [1.54, 1.807) is 34.4 Å². The highest BCUT2D eigenvalue weighted by Crippen LogP contribution is 2.22. The van der Waals surface area contributed by atoms with E-state index >= 15 is 0 Å². The first-order chi connectivity index (χ1) is 11.1. The van der Waals surface area contributed by atoms with E-state index in [0.717, 1.165) is 22.7 Å². The summed E-state index contributed by atoms with van der Waals surface area (Å²) in [5.41, 5.74) is 4.59. The quantitative estimate of drug-likeness (QED) is 0.693. The van der Waals surface area contributed by atoms with E-state index in [2.05, 4.69) is 10.5 Å². The topological polar surface area (TPSA) is 61.8 Å². The highest BCUT2D eigenvalue weighted by Gasteiger charge is 2.22. The van der Waals surface area contributed by atoms with Gasteiger partial charge < -0.3 is 4.90 Å². The lowest BCUT2D eigenvalue weighted by molar-refractivity contribution is -0.117. The fourth-order valence-electron chi connectivity index (χ4n) is 2.47. The van der Waals surface area contributed by atoms with Crippen LogP contribution in [0.25, 0.3) is 0 Å². The van der Waals surface area contributed by atoms with Crippen LogP contribution in [0.15, 0.2) is 46.9 Å². The van der Waals surface area contributed by atoms with Gasteiger partial charge in [0.2, 0.25) is 5.91 Å². The second-order valence-corrected chi connectivity index (χ2v) is 6.26. The molecule has 1 N–H and O–H groups in total. The van der Waals surface area contributed by atoms with Crippen molar-refractivity contribution in [1.29, 1.82) is 0 Å². The predicted molar refractivity (Wildman–Crippen MR) is 92.0 cm³/mol. The highest BCUT2D eigenvalue weighted by molar-refractivity contribution is 7.12.